The maximum atomic E-state index is 14.0. The molecule has 3 rings (SSSR count). The van der Waals surface area contributed by atoms with Gasteiger partial charge in [0.25, 0.3) is 5.91 Å². The second-order valence-corrected chi connectivity index (χ2v) is 5.21. The number of hydrogen-bond acceptors (Lipinski definition) is 3. The van der Waals surface area contributed by atoms with Crippen molar-refractivity contribution in [2.45, 2.75) is 0 Å². The van der Waals surface area contributed by atoms with Crippen LogP contribution < -0.4 is 11.1 Å². The van der Waals surface area contributed by atoms with Gasteiger partial charge in [0, 0.05) is 24.4 Å². The highest BCUT2D eigenvalue weighted by atomic mass is 19.1. The lowest BCUT2D eigenvalue weighted by atomic mass is 10.1. The lowest BCUT2D eigenvalue weighted by Gasteiger charge is -2.05. The Kier molecular flexibility index (Phi) is 3.99. The number of nitrogens with one attached hydrogen (secondary N) is 1. The second kappa shape index (κ2) is 6.11. The third-order valence-electron chi connectivity index (χ3n) is 3.51. The number of aromatic nitrogens is 2. The normalized spacial score (nSPS) is 10.6. The van der Waals surface area contributed by atoms with Gasteiger partial charge in [-0.15, -0.1) is 0 Å². The van der Waals surface area contributed by atoms with Gasteiger partial charge in [-0.05, 0) is 30.3 Å². The number of nitrogens with two attached hydrogens (primary N) is 1. The molecule has 0 bridgehead atoms. The number of anilines is 2. The van der Waals surface area contributed by atoms with E-state index >= 15 is 0 Å². The number of halogens is 2. The molecular formula is C17H14F2N4O. The summed E-state index contributed by atoms with van der Waals surface area (Å²) in [6, 6.07) is 11.4. The van der Waals surface area contributed by atoms with Crippen molar-refractivity contribution >= 4 is 17.4 Å². The van der Waals surface area contributed by atoms with Crippen molar-refractivity contribution in [1.29, 1.82) is 0 Å². The van der Waals surface area contributed by atoms with Crippen LogP contribution in [0.15, 0.2) is 48.5 Å². The second-order valence-electron chi connectivity index (χ2n) is 5.21. The first-order valence-corrected chi connectivity index (χ1v) is 7.11. The smallest absolute Gasteiger partial charge is 0.259 e. The van der Waals surface area contributed by atoms with Gasteiger partial charge in [0.2, 0.25) is 0 Å². The molecule has 0 aliphatic carbocycles. The molecule has 1 aromatic heterocycles. The van der Waals surface area contributed by atoms with Crippen molar-refractivity contribution < 1.29 is 13.6 Å². The maximum absolute atomic E-state index is 14.0. The Labute approximate surface area is 136 Å². The number of nitrogen functional groups attached to an aromatic ring is 1. The molecule has 0 aliphatic rings. The summed E-state index contributed by atoms with van der Waals surface area (Å²) in [5.41, 5.74) is 6.34. The predicted octanol–water partition coefficient (Wildman–Crippen LogP) is 3.20. The van der Waals surface area contributed by atoms with Gasteiger partial charge in [-0.25, -0.2) is 8.78 Å². The van der Waals surface area contributed by atoms with E-state index in [4.69, 9.17) is 5.73 Å². The molecule has 0 atom stereocenters. The minimum Gasteiger partial charge on any atom is -0.399 e. The molecule has 0 spiro atoms. The largest absolute Gasteiger partial charge is 0.399 e. The minimum atomic E-state index is -0.623. The molecule has 122 valence electrons. The third kappa shape index (κ3) is 2.96. The van der Waals surface area contributed by atoms with E-state index in [1.54, 1.807) is 19.2 Å². The summed E-state index contributed by atoms with van der Waals surface area (Å²) in [4.78, 5) is 12.2. The van der Waals surface area contributed by atoms with Crippen LogP contribution in [0.4, 0.5) is 20.3 Å². The zero-order chi connectivity index (χ0) is 17.3. The van der Waals surface area contributed by atoms with E-state index in [1.807, 2.05) is 0 Å². The Morgan fingerprint density at radius 1 is 1.12 bits per heavy atom. The first-order chi connectivity index (χ1) is 11.5. The third-order valence-corrected chi connectivity index (χ3v) is 3.51. The monoisotopic (exact) mass is 328 g/mol. The number of benzene rings is 2. The van der Waals surface area contributed by atoms with Crippen molar-refractivity contribution in [1.82, 2.24) is 9.78 Å². The fourth-order valence-electron chi connectivity index (χ4n) is 2.28. The fourth-order valence-corrected chi connectivity index (χ4v) is 2.28. The Hall–Kier alpha value is -3.22. The molecule has 0 saturated heterocycles. The lowest BCUT2D eigenvalue weighted by molar-refractivity contribution is 0.102. The van der Waals surface area contributed by atoms with Gasteiger partial charge < -0.3 is 11.1 Å². The number of nitrogens with zero attached hydrogens (tertiary/aromatic N) is 2. The minimum absolute atomic E-state index is 0.0843. The van der Waals surface area contributed by atoms with Crippen LogP contribution in [0.25, 0.3) is 11.3 Å². The van der Waals surface area contributed by atoms with E-state index in [1.165, 1.54) is 41.1 Å². The molecule has 7 heteroatoms. The zero-order valence-corrected chi connectivity index (χ0v) is 12.8. The predicted molar refractivity (Wildman–Crippen MR) is 87.4 cm³/mol. The van der Waals surface area contributed by atoms with E-state index in [0.29, 0.717) is 17.2 Å². The van der Waals surface area contributed by atoms with E-state index in [-0.39, 0.29) is 11.1 Å². The van der Waals surface area contributed by atoms with E-state index in [9.17, 15) is 13.6 Å². The molecule has 0 radical (unpaired) electrons. The van der Waals surface area contributed by atoms with Gasteiger partial charge in [-0.3, -0.25) is 9.48 Å². The summed E-state index contributed by atoms with van der Waals surface area (Å²) in [5.74, 6) is -1.43. The molecular weight excluding hydrogens is 314 g/mol. The van der Waals surface area contributed by atoms with Gasteiger partial charge >= 0.3 is 0 Å². The summed E-state index contributed by atoms with van der Waals surface area (Å²) in [5, 5.41) is 6.73. The Morgan fingerprint density at radius 3 is 2.58 bits per heavy atom. The summed E-state index contributed by atoms with van der Waals surface area (Å²) in [6.45, 7) is 0. The molecule has 5 nitrogen and oxygen atoms in total. The number of aryl methyl sites for hydroxylation is 1. The topological polar surface area (TPSA) is 72.9 Å². The molecule has 0 aliphatic heterocycles. The number of carbonyl (C=O) groups is 1. The highest BCUT2D eigenvalue weighted by Gasteiger charge is 2.16. The highest BCUT2D eigenvalue weighted by molar-refractivity contribution is 6.04. The molecule has 0 unspecified atom stereocenters. The zero-order valence-electron chi connectivity index (χ0n) is 12.8. The lowest BCUT2D eigenvalue weighted by Crippen LogP contribution is -2.15. The van der Waals surface area contributed by atoms with Crippen LogP contribution in [0.1, 0.15) is 10.4 Å². The molecule has 3 N–H and O–H groups in total. The summed E-state index contributed by atoms with van der Waals surface area (Å²) < 4.78 is 29.0. The van der Waals surface area contributed by atoms with Gasteiger partial charge in [0.05, 0.1) is 11.3 Å². The molecule has 24 heavy (non-hydrogen) atoms. The average Bonchev–Trinajstić information content (AvgIpc) is 2.88. The number of carbonyl (C=O) groups excluding carboxylic acids is 1. The number of amides is 1. The Balaban J connectivity index is 1.90. The van der Waals surface area contributed by atoms with Crippen molar-refractivity contribution in [2.75, 3.05) is 11.1 Å². The molecule has 0 saturated carbocycles. The van der Waals surface area contributed by atoms with Crippen molar-refractivity contribution in [3.8, 4) is 11.3 Å². The Bertz CT molecular complexity index is 921. The Morgan fingerprint density at radius 2 is 1.88 bits per heavy atom. The molecule has 1 amide bonds. The van der Waals surface area contributed by atoms with Gasteiger partial charge in [-0.1, -0.05) is 12.1 Å². The van der Waals surface area contributed by atoms with Crippen molar-refractivity contribution in [2.24, 2.45) is 7.05 Å². The summed E-state index contributed by atoms with van der Waals surface area (Å²) in [6.07, 6.45) is 0. The molecule has 2 aromatic carbocycles. The van der Waals surface area contributed by atoms with E-state index < -0.39 is 17.5 Å². The van der Waals surface area contributed by atoms with E-state index in [2.05, 4.69) is 10.4 Å². The standard InChI is InChI=1S/C17H14F2N4O/c1-23-16(21-17(24)12-4-2-3-5-13(12)18)9-15(22-23)11-7-6-10(20)8-14(11)19/h2-9H,20H2,1H3,(H,21,24). The summed E-state index contributed by atoms with van der Waals surface area (Å²) in [7, 11) is 1.59. The van der Waals surface area contributed by atoms with Gasteiger partial charge in [0.1, 0.15) is 17.5 Å². The van der Waals surface area contributed by atoms with Gasteiger partial charge in [-0.2, -0.15) is 5.10 Å². The van der Waals surface area contributed by atoms with Crippen LogP contribution in [0, 0.1) is 11.6 Å². The van der Waals surface area contributed by atoms with Crippen molar-refractivity contribution in [3.63, 3.8) is 0 Å². The highest BCUT2D eigenvalue weighted by Crippen LogP contribution is 2.26. The summed E-state index contributed by atoms with van der Waals surface area (Å²) >= 11 is 0. The van der Waals surface area contributed by atoms with Crippen LogP contribution >= 0.6 is 0 Å². The van der Waals surface area contributed by atoms with E-state index in [0.717, 1.165) is 0 Å². The van der Waals surface area contributed by atoms with Crippen LogP contribution in [0.5, 0.6) is 0 Å². The van der Waals surface area contributed by atoms with Gasteiger partial charge in [0.15, 0.2) is 0 Å². The molecule has 0 fully saturated rings. The van der Waals surface area contributed by atoms with Crippen LogP contribution in [0.3, 0.4) is 0 Å². The van der Waals surface area contributed by atoms with Crippen LogP contribution in [0.2, 0.25) is 0 Å². The fraction of sp³-hybridized carbons (Fsp3) is 0.0588. The SMILES string of the molecule is Cn1nc(-c2ccc(N)cc2F)cc1NC(=O)c1ccccc1F. The molecule has 3 aromatic rings. The van der Waals surface area contributed by atoms with Crippen LogP contribution in [-0.2, 0) is 7.05 Å². The van der Waals surface area contributed by atoms with Crippen molar-refractivity contribution in [3.05, 3.63) is 65.7 Å². The van der Waals surface area contributed by atoms with Crippen LogP contribution in [-0.4, -0.2) is 15.7 Å². The number of hydrogen-bond donors (Lipinski definition) is 2. The first-order valence-electron chi connectivity index (χ1n) is 7.11. The maximum Gasteiger partial charge on any atom is 0.259 e. The number of rotatable bonds is 3. The average molecular weight is 328 g/mol. The molecule has 1 heterocycles. The first kappa shape index (κ1) is 15.7. The quantitative estimate of drug-likeness (QED) is 0.725.